The first kappa shape index (κ1) is 17.4. The van der Waals surface area contributed by atoms with Crippen molar-refractivity contribution in [2.24, 2.45) is 0 Å². The number of nitrogens with one attached hydrogen (secondary N) is 1. The largest absolute Gasteiger partial charge is 0.338 e. The summed E-state index contributed by atoms with van der Waals surface area (Å²) in [6.45, 7) is 2.39. The van der Waals surface area contributed by atoms with Crippen molar-refractivity contribution >= 4 is 24.2 Å². The maximum Gasteiger partial charge on any atom is 0.253 e. The van der Waals surface area contributed by atoms with Gasteiger partial charge >= 0.3 is 0 Å². The molecule has 1 N–H and O–H groups in total. The maximum atomic E-state index is 12.8. The van der Waals surface area contributed by atoms with E-state index in [1.807, 2.05) is 0 Å². The quantitative estimate of drug-likeness (QED) is 0.895. The normalized spacial score (nSPS) is 14.6. The van der Waals surface area contributed by atoms with Crippen LogP contribution in [0.1, 0.15) is 10.4 Å². The molecule has 0 atom stereocenters. The SMILES string of the molecule is CNCC(=O)N1CCN(C(=O)c2ccc(F)cc2)CC1.Cl. The summed E-state index contributed by atoms with van der Waals surface area (Å²) in [5.41, 5.74) is 0.474. The number of halogens is 2. The molecule has 2 rings (SSSR count). The molecule has 1 fully saturated rings. The number of amides is 2. The van der Waals surface area contributed by atoms with Gasteiger partial charge < -0.3 is 15.1 Å². The van der Waals surface area contributed by atoms with E-state index in [1.165, 1.54) is 24.3 Å². The molecule has 0 aliphatic carbocycles. The molecule has 0 saturated carbocycles. The fourth-order valence-corrected chi connectivity index (χ4v) is 2.20. The van der Waals surface area contributed by atoms with Crippen LogP contribution in [-0.4, -0.2) is 61.4 Å². The van der Waals surface area contributed by atoms with Crippen molar-refractivity contribution in [2.75, 3.05) is 39.8 Å². The molecule has 1 heterocycles. The minimum Gasteiger partial charge on any atom is -0.338 e. The topological polar surface area (TPSA) is 52.7 Å². The Morgan fingerprint density at radius 3 is 2.14 bits per heavy atom. The molecular formula is C14H19ClFN3O2. The summed E-state index contributed by atoms with van der Waals surface area (Å²) in [4.78, 5) is 27.3. The van der Waals surface area contributed by atoms with Crippen molar-refractivity contribution in [1.29, 1.82) is 0 Å². The number of rotatable bonds is 3. The van der Waals surface area contributed by atoms with Gasteiger partial charge in [0.2, 0.25) is 5.91 Å². The second-order valence-corrected chi connectivity index (χ2v) is 4.71. The van der Waals surface area contributed by atoms with Gasteiger partial charge in [-0.3, -0.25) is 9.59 Å². The van der Waals surface area contributed by atoms with Crippen LogP contribution >= 0.6 is 12.4 Å². The summed E-state index contributed by atoms with van der Waals surface area (Å²) in [5.74, 6) is -0.434. The molecule has 0 radical (unpaired) electrons. The first-order chi connectivity index (χ1) is 9.61. The lowest BCUT2D eigenvalue weighted by atomic mass is 10.2. The molecule has 0 bridgehead atoms. The molecule has 1 aromatic carbocycles. The summed E-state index contributed by atoms with van der Waals surface area (Å²) in [6.07, 6.45) is 0. The average molecular weight is 316 g/mol. The summed E-state index contributed by atoms with van der Waals surface area (Å²) in [7, 11) is 1.73. The van der Waals surface area contributed by atoms with Crippen LogP contribution in [0.3, 0.4) is 0 Å². The van der Waals surface area contributed by atoms with Crippen LogP contribution in [0.4, 0.5) is 4.39 Å². The van der Waals surface area contributed by atoms with E-state index < -0.39 is 0 Å². The number of hydrogen-bond donors (Lipinski definition) is 1. The van der Waals surface area contributed by atoms with E-state index in [0.29, 0.717) is 38.3 Å². The third-order valence-corrected chi connectivity index (χ3v) is 3.34. The lowest BCUT2D eigenvalue weighted by Crippen LogP contribution is -2.52. The van der Waals surface area contributed by atoms with Gasteiger partial charge in [-0.15, -0.1) is 12.4 Å². The third-order valence-electron chi connectivity index (χ3n) is 3.34. The Bertz CT molecular complexity index is 487. The number of nitrogens with zero attached hydrogens (tertiary/aromatic N) is 2. The Kier molecular flexibility index (Phi) is 6.58. The lowest BCUT2D eigenvalue weighted by molar-refractivity contribution is -0.131. The molecule has 21 heavy (non-hydrogen) atoms. The van der Waals surface area contributed by atoms with E-state index in [1.54, 1.807) is 16.8 Å². The van der Waals surface area contributed by atoms with Gasteiger partial charge in [0.1, 0.15) is 5.82 Å². The second kappa shape index (κ2) is 7.95. The zero-order chi connectivity index (χ0) is 14.5. The molecule has 1 saturated heterocycles. The van der Waals surface area contributed by atoms with Crippen LogP contribution in [-0.2, 0) is 4.79 Å². The molecule has 1 aromatic rings. The predicted octanol–water partition coefficient (Wildman–Crippen LogP) is 0.751. The fraction of sp³-hybridized carbons (Fsp3) is 0.429. The lowest BCUT2D eigenvalue weighted by Gasteiger charge is -2.34. The highest BCUT2D eigenvalue weighted by Crippen LogP contribution is 2.10. The smallest absolute Gasteiger partial charge is 0.253 e. The van der Waals surface area contributed by atoms with Gasteiger partial charge in [0.15, 0.2) is 0 Å². The minimum atomic E-state index is -0.357. The molecule has 116 valence electrons. The van der Waals surface area contributed by atoms with Crippen LogP contribution in [0, 0.1) is 5.82 Å². The van der Waals surface area contributed by atoms with Crippen LogP contribution in [0.15, 0.2) is 24.3 Å². The monoisotopic (exact) mass is 315 g/mol. The van der Waals surface area contributed by atoms with Gasteiger partial charge in [-0.05, 0) is 31.3 Å². The second-order valence-electron chi connectivity index (χ2n) is 4.71. The van der Waals surface area contributed by atoms with Gasteiger partial charge in [-0.2, -0.15) is 0 Å². The first-order valence-electron chi connectivity index (χ1n) is 6.59. The predicted molar refractivity (Wildman–Crippen MR) is 80.1 cm³/mol. The van der Waals surface area contributed by atoms with Crippen molar-refractivity contribution in [3.05, 3.63) is 35.6 Å². The Labute approximate surface area is 129 Å². The highest BCUT2D eigenvalue weighted by molar-refractivity contribution is 5.94. The van der Waals surface area contributed by atoms with Gasteiger partial charge in [-0.1, -0.05) is 0 Å². The number of carbonyl (C=O) groups is 2. The Hall–Kier alpha value is -1.66. The zero-order valence-corrected chi connectivity index (χ0v) is 12.7. The molecule has 0 unspecified atom stereocenters. The molecule has 0 aromatic heterocycles. The van der Waals surface area contributed by atoms with Crippen LogP contribution < -0.4 is 5.32 Å². The number of carbonyl (C=O) groups excluding carboxylic acids is 2. The molecular weight excluding hydrogens is 297 g/mol. The Morgan fingerprint density at radius 1 is 1.10 bits per heavy atom. The molecule has 5 nitrogen and oxygen atoms in total. The zero-order valence-electron chi connectivity index (χ0n) is 11.8. The van der Waals surface area contributed by atoms with Gasteiger partial charge in [0, 0.05) is 31.7 Å². The van der Waals surface area contributed by atoms with Gasteiger partial charge in [0.05, 0.1) is 6.54 Å². The average Bonchev–Trinajstić information content (AvgIpc) is 2.48. The van der Waals surface area contributed by atoms with Gasteiger partial charge in [-0.25, -0.2) is 4.39 Å². The molecule has 0 spiro atoms. The van der Waals surface area contributed by atoms with E-state index in [2.05, 4.69) is 5.32 Å². The van der Waals surface area contributed by atoms with Crippen molar-refractivity contribution in [3.8, 4) is 0 Å². The summed E-state index contributed by atoms with van der Waals surface area (Å²) >= 11 is 0. The van der Waals surface area contributed by atoms with Crippen molar-refractivity contribution in [2.45, 2.75) is 0 Å². The number of benzene rings is 1. The van der Waals surface area contributed by atoms with Crippen molar-refractivity contribution < 1.29 is 14.0 Å². The maximum absolute atomic E-state index is 12.8. The van der Waals surface area contributed by atoms with Crippen LogP contribution in [0.5, 0.6) is 0 Å². The summed E-state index contributed by atoms with van der Waals surface area (Å²) in [5, 5.41) is 2.82. The van der Waals surface area contributed by atoms with E-state index in [-0.39, 0.29) is 30.0 Å². The summed E-state index contributed by atoms with van der Waals surface area (Å²) in [6, 6.07) is 5.52. The van der Waals surface area contributed by atoms with E-state index in [9.17, 15) is 14.0 Å². The number of likely N-dealkylation sites (N-methyl/N-ethyl adjacent to an activating group) is 1. The van der Waals surface area contributed by atoms with Crippen molar-refractivity contribution in [3.63, 3.8) is 0 Å². The highest BCUT2D eigenvalue weighted by Gasteiger charge is 2.24. The molecule has 7 heteroatoms. The molecule has 2 amide bonds. The molecule has 1 aliphatic rings. The van der Waals surface area contributed by atoms with E-state index in [0.717, 1.165) is 0 Å². The van der Waals surface area contributed by atoms with Gasteiger partial charge in [0.25, 0.3) is 5.91 Å². The number of piperazine rings is 1. The number of hydrogen-bond acceptors (Lipinski definition) is 3. The minimum absolute atomic E-state index is 0. The van der Waals surface area contributed by atoms with E-state index >= 15 is 0 Å². The summed E-state index contributed by atoms with van der Waals surface area (Å²) < 4.78 is 12.8. The highest BCUT2D eigenvalue weighted by atomic mass is 35.5. The standard InChI is InChI=1S/C14H18FN3O2.ClH/c1-16-10-13(19)17-6-8-18(9-7-17)14(20)11-2-4-12(15)5-3-11;/h2-5,16H,6-10H2,1H3;1H. The Morgan fingerprint density at radius 2 is 1.62 bits per heavy atom. The van der Waals surface area contributed by atoms with Crippen LogP contribution in [0.2, 0.25) is 0 Å². The first-order valence-corrected chi connectivity index (χ1v) is 6.59. The third kappa shape index (κ3) is 4.41. The Balaban J connectivity index is 0.00000220. The molecule has 1 aliphatic heterocycles. The van der Waals surface area contributed by atoms with E-state index in [4.69, 9.17) is 0 Å². The van der Waals surface area contributed by atoms with Crippen molar-refractivity contribution in [1.82, 2.24) is 15.1 Å². The fourth-order valence-electron chi connectivity index (χ4n) is 2.20. The van der Waals surface area contributed by atoms with Crippen LogP contribution in [0.25, 0.3) is 0 Å².